The highest BCUT2D eigenvalue weighted by Crippen LogP contribution is 2.18. The number of halogens is 1. The topological polar surface area (TPSA) is 60.4 Å². The van der Waals surface area contributed by atoms with Crippen molar-refractivity contribution >= 4 is 34.0 Å². The van der Waals surface area contributed by atoms with E-state index in [1.807, 2.05) is 0 Å². The summed E-state index contributed by atoms with van der Waals surface area (Å²) in [5, 5.41) is 0. The predicted molar refractivity (Wildman–Crippen MR) is 78.4 cm³/mol. The maximum atomic E-state index is 12.3. The Kier molecular flexibility index (Phi) is 6.87. The van der Waals surface area contributed by atoms with E-state index >= 15 is 0 Å². The second-order valence-corrected chi connectivity index (χ2v) is 4.89. The summed E-state index contributed by atoms with van der Waals surface area (Å²) < 4.78 is 5.76. The van der Waals surface area contributed by atoms with Crippen LogP contribution in [0.5, 0.6) is 0 Å². The summed E-state index contributed by atoms with van der Waals surface area (Å²) in [6.45, 7) is 1.89. The fourth-order valence-corrected chi connectivity index (χ4v) is 1.90. The molecule has 1 rings (SSSR count). The van der Waals surface area contributed by atoms with Crippen LogP contribution in [0.1, 0.15) is 23.7 Å². The van der Waals surface area contributed by atoms with Crippen molar-refractivity contribution < 1.29 is 19.1 Å². The maximum absolute atomic E-state index is 12.3. The van der Waals surface area contributed by atoms with E-state index < -0.39 is 11.9 Å². The quantitative estimate of drug-likeness (QED) is 0.252. The molecule has 0 saturated carbocycles. The number of benzene rings is 1. The maximum Gasteiger partial charge on any atom is 0.317 e. The third-order valence-electron chi connectivity index (χ3n) is 2.60. The van der Waals surface area contributed by atoms with Crippen LogP contribution in [0, 0.1) is 5.92 Å². The average Bonchev–Trinajstić information content (AvgIpc) is 2.44. The Bertz CT molecular complexity index is 505. The van der Waals surface area contributed by atoms with Crippen molar-refractivity contribution in [2.75, 3.05) is 6.61 Å². The van der Waals surface area contributed by atoms with Gasteiger partial charge < -0.3 is 4.74 Å². The molecule has 1 atom stereocenters. The van der Waals surface area contributed by atoms with E-state index in [-0.39, 0.29) is 18.8 Å². The second-order valence-electron chi connectivity index (χ2n) is 3.98. The Labute approximate surface area is 125 Å². The van der Waals surface area contributed by atoms with Gasteiger partial charge in [0.25, 0.3) is 0 Å². The van der Waals surface area contributed by atoms with Gasteiger partial charge >= 0.3 is 5.97 Å². The van der Waals surface area contributed by atoms with Crippen LogP contribution in [0.3, 0.4) is 0 Å². The van der Waals surface area contributed by atoms with E-state index in [4.69, 9.17) is 4.74 Å². The minimum Gasteiger partial charge on any atom is -0.465 e. The van der Waals surface area contributed by atoms with Gasteiger partial charge in [0, 0.05) is 10.0 Å². The molecule has 0 fully saturated rings. The fourth-order valence-electron chi connectivity index (χ4n) is 1.64. The Balaban J connectivity index is 2.93. The highest BCUT2D eigenvalue weighted by atomic mass is 79.9. The van der Waals surface area contributed by atoms with Gasteiger partial charge in [-0.2, -0.15) is 0 Å². The van der Waals surface area contributed by atoms with Gasteiger partial charge in [-0.3, -0.25) is 14.4 Å². The lowest BCUT2D eigenvalue weighted by Gasteiger charge is -2.12. The Morgan fingerprint density at radius 2 is 1.95 bits per heavy atom. The number of ketones is 1. The van der Waals surface area contributed by atoms with Crippen molar-refractivity contribution in [3.05, 3.63) is 46.5 Å². The Morgan fingerprint density at radius 1 is 1.30 bits per heavy atom. The van der Waals surface area contributed by atoms with Crippen molar-refractivity contribution in [1.82, 2.24) is 0 Å². The largest absolute Gasteiger partial charge is 0.465 e. The molecule has 5 heteroatoms. The third-order valence-corrected chi connectivity index (χ3v) is 3.13. The summed E-state index contributed by atoms with van der Waals surface area (Å²) in [7, 11) is 0. The fraction of sp³-hybridized carbons (Fsp3) is 0.267. The van der Waals surface area contributed by atoms with Crippen LogP contribution in [-0.2, 0) is 14.3 Å². The Morgan fingerprint density at radius 3 is 2.50 bits per heavy atom. The molecule has 106 valence electrons. The van der Waals surface area contributed by atoms with Crippen molar-refractivity contribution in [2.24, 2.45) is 5.92 Å². The molecule has 0 amide bonds. The van der Waals surface area contributed by atoms with E-state index in [1.165, 1.54) is 12.2 Å². The smallest absolute Gasteiger partial charge is 0.317 e. The molecule has 1 unspecified atom stereocenters. The van der Waals surface area contributed by atoms with Crippen LogP contribution in [0.25, 0.3) is 0 Å². The molecule has 20 heavy (non-hydrogen) atoms. The summed E-state index contributed by atoms with van der Waals surface area (Å²) >= 11 is 3.28. The first-order valence-corrected chi connectivity index (χ1v) is 6.96. The monoisotopic (exact) mass is 338 g/mol. The summed E-state index contributed by atoms with van der Waals surface area (Å²) in [4.78, 5) is 34.4. The molecule has 0 aliphatic heterocycles. The second kappa shape index (κ2) is 8.43. The summed E-state index contributed by atoms with van der Waals surface area (Å²) in [6.07, 6.45) is 3.51. The lowest BCUT2D eigenvalue weighted by Crippen LogP contribution is -2.26. The van der Waals surface area contributed by atoms with Crippen LogP contribution in [-0.4, -0.2) is 24.6 Å². The highest BCUT2D eigenvalue weighted by molar-refractivity contribution is 9.10. The van der Waals surface area contributed by atoms with Crippen LogP contribution >= 0.6 is 15.9 Å². The van der Waals surface area contributed by atoms with E-state index in [1.54, 1.807) is 31.2 Å². The molecule has 0 N–H and O–H groups in total. The number of ether oxygens (including phenoxy) is 1. The van der Waals surface area contributed by atoms with Crippen molar-refractivity contribution in [1.29, 1.82) is 0 Å². The summed E-state index contributed by atoms with van der Waals surface area (Å²) in [6, 6.07) is 6.75. The number of esters is 1. The molecule has 0 aromatic heterocycles. The standard InChI is InChI=1S/C15H15BrO4/c1-2-20-15(19)13(5-3-4-10-17)14(18)11-6-8-12(16)9-7-11/h3-4,6-10,13H,2,5H2,1H3/b4-3+. The molecule has 0 aliphatic rings. The van der Waals surface area contributed by atoms with Crippen molar-refractivity contribution in [3.8, 4) is 0 Å². The van der Waals surface area contributed by atoms with E-state index in [2.05, 4.69) is 15.9 Å². The molecule has 0 radical (unpaired) electrons. The molecular formula is C15H15BrO4. The van der Waals surface area contributed by atoms with Crippen LogP contribution in [0.4, 0.5) is 0 Å². The highest BCUT2D eigenvalue weighted by Gasteiger charge is 2.27. The van der Waals surface area contributed by atoms with Gasteiger partial charge in [0.05, 0.1) is 6.61 Å². The first-order chi connectivity index (χ1) is 9.60. The zero-order chi connectivity index (χ0) is 15.0. The van der Waals surface area contributed by atoms with E-state index in [9.17, 15) is 14.4 Å². The molecule has 1 aromatic rings. The zero-order valence-electron chi connectivity index (χ0n) is 11.0. The van der Waals surface area contributed by atoms with Gasteiger partial charge in [-0.15, -0.1) is 0 Å². The van der Waals surface area contributed by atoms with Crippen LogP contribution in [0.15, 0.2) is 40.9 Å². The lowest BCUT2D eigenvalue weighted by molar-refractivity contribution is -0.146. The first-order valence-electron chi connectivity index (χ1n) is 6.16. The summed E-state index contributed by atoms with van der Waals surface area (Å²) in [5.74, 6) is -1.81. The summed E-state index contributed by atoms with van der Waals surface area (Å²) in [5.41, 5.74) is 0.436. The number of rotatable bonds is 7. The average molecular weight is 339 g/mol. The van der Waals surface area contributed by atoms with Crippen molar-refractivity contribution in [3.63, 3.8) is 0 Å². The molecular weight excluding hydrogens is 324 g/mol. The minimum absolute atomic E-state index is 0.145. The Hall–Kier alpha value is -1.75. The number of hydrogen-bond donors (Lipinski definition) is 0. The van der Waals surface area contributed by atoms with Gasteiger partial charge in [0.15, 0.2) is 5.78 Å². The van der Waals surface area contributed by atoms with Gasteiger partial charge in [-0.25, -0.2) is 0 Å². The number of allylic oxidation sites excluding steroid dienone is 2. The predicted octanol–water partition coefficient (Wildman–Crippen LogP) is 2.96. The van der Waals surface area contributed by atoms with Crippen LogP contribution in [0.2, 0.25) is 0 Å². The molecule has 4 nitrogen and oxygen atoms in total. The molecule has 1 aromatic carbocycles. The number of aldehydes is 1. The number of carbonyl (C=O) groups is 3. The number of carbonyl (C=O) groups excluding carboxylic acids is 3. The van der Waals surface area contributed by atoms with Crippen LogP contribution < -0.4 is 0 Å². The molecule has 0 aliphatic carbocycles. The molecule has 0 bridgehead atoms. The van der Waals surface area contributed by atoms with Crippen molar-refractivity contribution in [2.45, 2.75) is 13.3 Å². The van der Waals surface area contributed by atoms with Gasteiger partial charge in [0.1, 0.15) is 12.2 Å². The van der Waals surface area contributed by atoms with Gasteiger partial charge in [-0.05, 0) is 31.6 Å². The van der Waals surface area contributed by atoms with E-state index in [0.29, 0.717) is 11.8 Å². The van der Waals surface area contributed by atoms with Gasteiger partial charge in [0.2, 0.25) is 0 Å². The molecule has 0 saturated heterocycles. The SMILES string of the molecule is CCOC(=O)C(C/C=C/C=O)C(=O)c1ccc(Br)cc1. The zero-order valence-corrected chi connectivity index (χ0v) is 12.6. The van der Waals surface area contributed by atoms with E-state index in [0.717, 1.165) is 4.47 Å². The molecule has 0 spiro atoms. The lowest BCUT2D eigenvalue weighted by atomic mass is 9.94. The first kappa shape index (κ1) is 16.3. The normalized spacial score (nSPS) is 12.1. The number of Topliss-reactive ketones (excluding diaryl/α,β-unsaturated/α-hetero) is 1. The van der Waals surface area contributed by atoms with Gasteiger partial charge in [-0.1, -0.05) is 34.1 Å². The minimum atomic E-state index is -0.924. The molecule has 0 heterocycles. The number of hydrogen-bond acceptors (Lipinski definition) is 4. The third kappa shape index (κ3) is 4.74.